The number of ether oxygens (including phenoxy) is 3. The Morgan fingerprint density at radius 2 is 1.41 bits per heavy atom. The number of ketones is 1. The van der Waals surface area contributed by atoms with Crippen LogP contribution in [0.15, 0.2) is 36.4 Å². The van der Waals surface area contributed by atoms with E-state index in [1.807, 2.05) is 0 Å². The highest BCUT2D eigenvalue weighted by Gasteiger charge is 2.51. The summed E-state index contributed by atoms with van der Waals surface area (Å²) in [4.78, 5) is 65.3. The first-order chi connectivity index (χ1) is 25.3. The fraction of sp³-hybridized carbons (Fsp3) is 0.651. The lowest BCUT2D eigenvalue weighted by Crippen LogP contribution is -2.57. The molecule has 0 fully saturated rings. The zero-order chi connectivity index (χ0) is 40.8. The molecule has 0 bridgehead atoms. The third-order valence-corrected chi connectivity index (χ3v) is 8.29. The Hall–Kier alpha value is -4.17. The molecule has 0 heterocycles. The van der Waals surface area contributed by atoms with E-state index in [0.717, 1.165) is 38.5 Å². The molecule has 0 unspecified atom stereocenters. The van der Waals surface area contributed by atoms with Crippen LogP contribution in [0.4, 0.5) is 0 Å². The van der Waals surface area contributed by atoms with Gasteiger partial charge in [-0.2, -0.15) is 0 Å². The zero-order valence-electron chi connectivity index (χ0n) is 33.9. The minimum Gasteiger partial charge on any atom is -0.481 e. The summed E-state index contributed by atoms with van der Waals surface area (Å²) < 4.78 is 16.6. The van der Waals surface area contributed by atoms with Crippen molar-refractivity contribution >= 4 is 29.6 Å². The van der Waals surface area contributed by atoms with E-state index in [-0.39, 0.29) is 18.8 Å². The largest absolute Gasteiger partial charge is 0.481 e. The predicted molar refractivity (Wildman–Crippen MR) is 209 cm³/mol. The highest BCUT2D eigenvalue weighted by Crippen LogP contribution is 2.29. The Morgan fingerprint density at radius 1 is 0.833 bits per heavy atom. The van der Waals surface area contributed by atoms with E-state index in [2.05, 4.69) is 24.1 Å². The van der Waals surface area contributed by atoms with Gasteiger partial charge >= 0.3 is 17.9 Å². The standard InChI is InChI=1S/C43H65NO10/c1-9-11-13-16-19-22-33(45)23-20-17-14-15-18-21-24-35(43(51,31-37(46)47)40(50)54-42(6,7)8)38(48)44-36(39(49)53-41(3,4)5)30-32-25-27-34(28-26-32)52-29-12-10-2/h21,24-28,35-36,51H,9,11,13-20,22-23,29-31H2,1-8H3,(H,44,48)(H,46,47)/b24-21+/t35-,36+,43+/m1/s1. The first kappa shape index (κ1) is 47.9. The van der Waals surface area contributed by atoms with Crippen molar-refractivity contribution in [3.8, 4) is 17.6 Å². The summed E-state index contributed by atoms with van der Waals surface area (Å²) in [6.07, 6.45) is 12.1. The number of carboxylic acids is 1. The average Bonchev–Trinajstić information content (AvgIpc) is 3.06. The Kier molecular flexibility index (Phi) is 21.5. The molecule has 3 N–H and O–H groups in total. The van der Waals surface area contributed by atoms with Crippen LogP contribution in [0, 0.1) is 17.8 Å². The molecule has 0 aliphatic carbocycles. The van der Waals surface area contributed by atoms with Gasteiger partial charge in [-0.05, 0) is 91.8 Å². The fourth-order valence-electron chi connectivity index (χ4n) is 5.57. The van der Waals surface area contributed by atoms with Gasteiger partial charge < -0.3 is 29.7 Å². The third kappa shape index (κ3) is 20.3. The van der Waals surface area contributed by atoms with Gasteiger partial charge in [0.05, 0.1) is 12.3 Å². The number of hydrogen-bond donors (Lipinski definition) is 3. The van der Waals surface area contributed by atoms with Crippen molar-refractivity contribution in [2.24, 2.45) is 5.92 Å². The van der Waals surface area contributed by atoms with E-state index >= 15 is 0 Å². The first-order valence-corrected chi connectivity index (χ1v) is 19.3. The van der Waals surface area contributed by atoms with Gasteiger partial charge in [-0.25, -0.2) is 9.59 Å². The highest BCUT2D eigenvalue weighted by atomic mass is 16.6. The summed E-state index contributed by atoms with van der Waals surface area (Å²) >= 11 is 0. The smallest absolute Gasteiger partial charge is 0.340 e. The number of carbonyl (C=O) groups is 5. The third-order valence-electron chi connectivity index (χ3n) is 8.29. The number of Topliss-reactive ketones (excluding diaryl/α,β-unsaturated/α-hetero) is 1. The number of allylic oxidation sites excluding steroid dienone is 1. The number of esters is 2. The van der Waals surface area contributed by atoms with Gasteiger partial charge in [0.15, 0.2) is 5.60 Å². The van der Waals surface area contributed by atoms with Crippen LogP contribution < -0.4 is 10.1 Å². The van der Waals surface area contributed by atoms with Crippen LogP contribution in [0.3, 0.4) is 0 Å². The molecule has 0 saturated heterocycles. The van der Waals surface area contributed by atoms with Gasteiger partial charge in [0.2, 0.25) is 5.91 Å². The number of carbonyl (C=O) groups excluding carboxylic acids is 4. The van der Waals surface area contributed by atoms with E-state index in [4.69, 9.17) is 14.2 Å². The monoisotopic (exact) mass is 755 g/mol. The van der Waals surface area contributed by atoms with Crippen LogP contribution in [0.25, 0.3) is 0 Å². The number of hydrogen-bond acceptors (Lipinski definition) is 9. The molecule has 11 nitrogen and oxygen atoms in total. The lowest BCUT2D eigenvalue weighted by atomic mass is 9.82. The summed E-state index contributed by atoms with van der Waals surface area (Å²) in [5.41, 5.74) is -4.17. The molecular weight excluding hydrogens is 690 g/mol. The second-order valence-corrected chi connectivity index (χ2v) is 15.7. The lowest BCUT2D eigenvalue weighted by Gasteiger charge is -2.34. The normalized spacial score (nSPS) is 13.9. The topological polar surface area (TPSA) is 166 Å². The van der Waals surface area contributed by atoms with Gasteiger partial charge in [-0.15, -0.1) is 5.92 Å². The molecule has 3 atom stereocenters. The number of aliphatic carboxylic acids is 1. The number of unbranched alkanes of at least 4 members (excludes halogenated alkanes) is 8. The maximum absolute atomic E-state index is 14.1. The molecule has 0 aliphatic rings. The number of benzene rings is 1. The van der Waals surface area contributed by atoms with Crippen LogP contribution in [0.2, 0.25) is 0 Å². The minimum atomic E-state index is -2.81. The second kappa shape index (κ2) is 24.3. The van der Waals surface area contributed by atoms with Crippen molar-refractivity contribution in [1.29, 1.82) is 0 Å². The molecular formula is C43H65NO10. The quantitative estimate of drug-likeness (QED) is 0.0395. The predicted octanol–water partition coefficient (Wildman–Crippen LogP) is 7.45. The second-order valence-electron chi connectivity index (χ2n) is 15.7. The Balaban J connectivity index is 3.24. The molecule has 0 saturated carbocycles. The van der Waals surface area contributed by atoms with Crippen LogP contribution in [-0.2, 0) is 39.9 Å². The molecule has 1 aromatic rings. The Morgan fingerprint density at radius 3 is 1.94 bits per heavy atom. The van der Waals surface area contributed by atoms with E-state index in [1.54, 1.807) is 78.8 Å². The summed E-state index contributed by atoms with van der Waals surface area (Å²) in [5, 5.41) is 24.2. The van der Waals surface area contributed by atoms with E-state index in [9.17, 15) is 34.2 Å². The molecule has 54 heavy (non-hydrogen) atoms. The average molecular weight is 756 g/mol. The minimum absolute atomic E-state index is 0.0166. The van der Waals surface area contributed by atoms with Crippen molar-refractivity contribution in [1.82, 2.24) is 5.32 Å². The van der Waals surface area contributed by atoms with Gasteiger partial charge in [0.1, 0.15) is 35.4 Å². The lowest BCUT2D eigenvalue weighted by molar-refractivity contribution is -0.187. The highest BCUT2D eigenvalue weighted by molar-refractivity contribution is 5.95. The van der Waals surface area contributed by atoms with E-state index in [0.29, 0.717) is 37.0 Å². The number of rotatable bonds is 25. The van der Waals surface area contributed by atoms with Crippen molar-refractivity contribution < 1.29 is 48.4 Å². The summed E-state index contributed by atoms with van der Waals surface area (Å²) in [5.74, 6) is 0.144. The van der Waals surface area contributed by atoms with Crippen LogP contribution in [0.5, 0.6) is 5.75 Å². The number of nitrogens with one attached hydrogen (secondary N) is 1. The Labute approximate surface area is 323 Å². The maximum Gasteiger partial charge on any atom is 0.340 e. The molecule has 0 aliphatic heterocycles. The summed E-state index contributed by atoms with van der Waals surface area (Å²) in [7, 11) is 0. The van der Waals surface area contributed by atoms with Crippen molar-refractivity contribution in [2.75, 3.05) is 6.61 Å². The van der Waals surface area contributed by atoms with Crippen molar-refractivity contribution in [3.63, 3.8) is 0 Å². The van der Waals surface area contributed by atoms with Crippen LogP contribution in [-0.4, -0.2) is 69.3 Å². The molecule has 0 radical (unpaired) electrons. The molecule has 1 aromatic carbocycles. The molecule has 11 heteroatoms. The number of carboxylic acid groups (broad SMARTS) is 1. The van der Waals surface area contributed by atoms with E-state index < -0.39 is 59.0 Å². The van der Waals surface area contributed by atoms with Crippen molar-refractivity contribution in [2.45, 2.75) is 168 Å². The van der Waals surface area contributed by atoms with Crippen molar-refractivity contribution in [3.05, 3.63) is 42.0 Å². The van der Waals surface area contributed by atoms with Crippen LogP contribution in [0.1, 0.15) is 144 Å². The molecule has 1 rings (SSSR count). The summed E-state index contributed by atoms with van der Waals surface area (Å²) in [6, 6.07) is 5.59. The number of amides is 1. The molecule has 0 aromatic heterocycles. The zero-order valence-corrected chi connectivity index (χ0v) is 33.9. The molecule has 1 amide bonds. The fourth-order valence-corrected chi connectivity index (χ4v) is 5.57. The van der Waals surface area contributed by atoms with Gasteiger partial charge in [-0.1, -0.05) is 75.7 Å². The first-order valence-electron chi connectivity index (χ1n) is 19.3. The number of aliphatic hydroxyl groups is 1. The molecule has 0 spiro atoms. The van der Waals surface area contributed by atoms with E-state index in [1.165, 1.54) is 18.9 Å². The van der Waals surface area contributed by atoms with Gasteiger partial charge in [-0.3, -0.25) is 14.4 Å². The van der Waals surface area contributed by atoms with Gasteiger partial charge in [0, 0.05) is 19.3 Å². The van der Waals surface area contributed by atoms with Crippen LogP contribution >= 0.6 is 0 Å². The molecule has 302 valence electrons. The maximum atomic E-state index is 14.1. The Bertz CT molecular complexity index is 1420. The van der Waals surface area contributed by atoms with Gasteiger partial charge in [0.25, 0.3) is 0 Å². The summed E-state index contributed by atoms with van der Waals surface area (Å²) in [6.45, 7) is 13.8. The SMILES string of the molecule is CC#CCOc1ccc(C[C@H](NC(=O)[C@@H](/C=C/CCCCCCC(=O)CCCCCCC)[C@@](O)(CC(=O)O)C(=O)OC(C)(C)C)C(=O)OC(C)(C)C)cc1.